The van der Waals surface area contributed by atoms with Crippen molar-refractivity contribution in [3.8, 4) is 0 Å². The van der Waals surface area contributed by atoms with E-state index >= 15 is 0 Å². The Kier molecular flexibility index (Phi) is 4.88. The van der Waals surface area contributed by atoms with E-state index in [0.717, 1.165) is 44.2 Å². The van der Waals surface area contributed by atoms with Crippen molar-refractivity contribution in [3.05, 3.63) is 35.4 Å². The normalized spacial score (nSPS) is 18.4. The van der Waals surface area contributed by atoms with Gasteiger partial charge in [-0.3, -0.25) is 10.1 Å². The van der Waals surface area contributed by atoms with E-state index < -0.39 is 23.8 Å². The van der Waals surface area contributed by atoms with Crippen molar-refractivity contribution in [3.63, 3.8) is 0 Å². The molecule has 3 nitrogen and oxygen atoms in total. The molecule has 6 heteroatoms. The fourth-order valence-corrected chi connectivity index (χ4v) is 2.71. The fraction of sp³-hybridized carbons (Fsp3) is 0.533. The minimum Gasteiger partial charge on any atom is -0.480 e. The van der Waals surface area contributed by atoms with E-state index in [4.69, 9.17) is 0 Å². The Morgan fingerprint density at radius 2 is 1.90 bits per heavy atom. The highest BCUT2D eigenvalue weighted by Gasteiger charge is 2.32. The van der Waals surface area contributed by atoms with Gasteiger partial charge in [0.25, 0.3) is 0 Å². The van der Waals surface area contributed by atoms with Crippen LogP contribution in [0.1, 0.15) is 49.3 Å². The minimum atomic E-state index is -4.47. The van der Waals surface area contributed by atoms with Crippen LogP contribution in [0.3, 0.4) is 0 Å². The predicted octanol–water partition coefficient (Wildman–Crippen LogP) is 3.75. The van der Waals surface area contributed by atoms with Gasteiger partial charge in [-0.25, -0.2) is 0 Å². The van der Waals surface area contributed by atoms with E-state index in [1.807, 2.05) is 0 Å². The van der Waals surface area contributed by atoms with Crippen LogP contribution in [-0.2, 0) is 11.0 Å². The Morgan fingerprint density at radius 3 is 2.48 bits per heavy atom. The Hall–Kier alpha value is -1.56. The van der Waals surface area contributed by atoms with Crippen LogP contribution >= 0.6 is 0 Å². The summed E-state index contributed by atoms with van der Waals surface area (Å²) in [6, 6.07) is 3.47. The van der Waals surface area contributed by atoms with Gasteiger partial charge in [0, 0.05) is 6.04 Å². The molecule has 1 unspecified atom stereocenters. The summed E-state index contributed by atoms with van der Waals surface area (Å²) in [5, 5.41) is 12.3. The summed E-state index contributed by atoms with van der Waals surface area (Å²) in [6.07, 6.45) is 0.425. The molecule has 1 saturated carbocycles. The molecule has 21 heavy (non-hydrogen) atoms. The quantitative estimate of drug-likeness (QED) is 0.890. The molecule has 116 valence electrons. The number of carboxylic acids is 1. The average Bonchev–Trinajstić information content (AvgIpc) is 2.45. The summed E-state index contributed by atoms with van der Waals surface area (Å²) < 4.78 is 38.2. The zero-order chi connectivity index (χ0) is 15.5. The molecule has 1 aliphatic carbocycles. The second-order valence-corrected chi connectivity index (χ2v) is 5.40. The molecule has 1 aromatic carbocycles. The lowest BCUT2D eigenvalue weighted by Gasteiger charge is -2.27. The van der Waals surface area contributed by atoms with Gasteiger partial charge in [0.15, 0.2) is 0 Å². The summed E-state index contributed by atoms with van der Waals surface area (Å²) in [4.78, 5) is 11.4. The molecule has 0 aromatic heterocycles. The summed E-state index contributed by atoms with van der Waals surface area (Å²) >= 11 is 0. The monoisotopic (exact) mass is 301 g/mol. The first-order valence-electron chi connectivity index (χ1n) is 7.04. The third-order valence-electron chi connectivity index (χ3n) is 3.80. The molecule has 1 aliphatic rings. The molecule has 0 radical (unpaired) electrons. The van der Waals surface area contributed by atoms with Gasteiger partial charge < -0.3 is 5.11 Å². The molecule has 0 saturated heterocycles. The van der Waals surface area contributed by atoms with Crippen molar-refractivity contribution in [2.24, 2.45) is 0 Å². The number of aliphatic carboxylic acids is 1. The van der Waals surface area contributed by atoms with Crippen molar-refractivity contribution in [1.82, 2.24) is 5.32 Å². The van der Waals surface area contributed by atoms with Crippen LogP contribution in [0.25, 0.3) is 0 Å². The summed E-state index contributed by atoms with van der Waals surface area (Å²) in [5.74, 6) is -1.15. The van der Waals surface area contributed by atoms with E-state index in [2.05, 4.69) is 5.32 Å². The Labute approximate surface area is 121 Å². The highest BCUT2D eigenvalue weighted by atomic mass is 19.4. The van der Waals surface area contributed by atoms with Gasteiger partial charge in [-0.2, -0.15) is 13.2 Å². The third kappa shape index (κ3) is 4.20. The molecular formula is C15H18F3NO2. The van der Waals surface area contributed by atoms with Crippen LogP contribution in [0, 0.1) is 0 Å². The first-order valence-corrected chi connectivity index (χ1v) is 7.04. The van der Waals surface area contributed by atoms with Crippen molar-refractivity contribution < 1.29 is 23.1 Å². The van der Waals surface area contributed by atoms with Crippen LogP contribution in [0.4, 0.5) is 13.2 Å². The maximum atomic E-state index is 12.7. The number of rotatable bonds is 4. The van der Waals surface area contributed by atoms with Gasteiger partial charge in [0.1, 0.15) is 6.04 Å². The Balaban J connectivity index is 2.19. The van der Waals surface area contributed by atoms with Gasteiger partial charge in [0.2, 0.25) is 0 Å². The number of alkyl halides is 3. The molecule has 0 aliphatic heterocycles. The number of carboxylic acid groups (broad SMARTS) is 1. The van der Waals surface area contributed by atoms with Gasteiger partial charge in [0.05, 0.1) is 5.56 Å². The molecule has 0 spiro atoms. The van der Waals surface area contributed by atoms with E-state index in [9.17, 15) is 23.1 Å². The molecule has 1 fully saturated rings. The number of nitrogens with one attached hydrogen (secondary N) is 1. The summed E-state index contributed by atoms with van der Waals surface area (Å²) in [6.45, 7) is 0. The zero-order valence-electron chi connectivity index (χ0n) is 11.5. The van der Waals surface area contributed by atoms with Crippen LogP contribution in [0.5, 0.6) is 0 Å². The van der Waals surface area contributed by atoms with Crippen molar-refractivity contribution in [2.45, 2.75) is 50.4 Å². The highest BCUT2D eigenvalue weighted by Crippen LogP contribution is 2.31. The highest BCUT2D eigenvalue weighted by molar-refractivity contribution is 5.75. The fourth-order valence-electron chi connectivity index (χ4n) is 2.71. The second kappa shape index (κ2) is 6.47. The van der Waals surface area contributed by atoms with Crippen LogP contribution in [0.2, 0.25) is 0 Å². The number of halogens is 3. The first-order chi connectivity index (χ1) is 9.88. The first kappa shape index (κ1) is 15.8. The SMILES string of the molecule is O=C(O)C(NC1CCCCC1)c1cccc(C(F)(F)F)c1. The lowest BCUT2D eigenvalue weighted by atomic mass is 9.93. The summed E-state index contributed by atoms with van der Waals surface area (Å²) in [5.41, 5.74) is -0.681. The van der Waals surface area contributed by atoms with Gasteiger partial charge in [-0.15, -0.1) is 0 Å². The third-order valence-corrected chi connectivity index (χ3v) is 3.80. The lowest BCUT2D eigenvalue weighted by Crippen LogP contribution is -2.38. The van der Waals surface area contributed by atoms with E-state index in [-0.39, 0.29) is 11.6 Å². The maximum Gasteiger partial charge on any atom is 0.416 e. The molecule has 2 rings (SSSR count). The molecule has 0 heterocycles. The van der Waals surface area contributed by atoms with Crippen LogP contribution in [0.15, 0.2) is 24.3 Å². The minimum absolute atomic E-state index is 0.0504. The Morgan fingerprint density at radius 1 is 1.24 bits per heavy atom. The molecule has 0 bridgehead atoms. The number of carbonyl (C=O) groups is 1. The van der Waals surface area contributed by atoms with E-state index in [1.165, 1.54) is 12.1 Å². The second-order valence-electron chi connectivity index (χ2n) is 5.40. The number of hydrogen-bond donors (Lipinski definition) is 2. The maximum absolute atomic E-state index is 12.7. The Bertz CT molecular complexity index is 496. The lowest BCUT2D eigenvalue weighted by molar-refractivity contribution is -0.141. The van der Waals surface area contributed by atoms with E-state index in [0.29, 0.717) is 0 Å². The van der Waals surface area contributed by atoms with Gasteiger partial charge in [-0.1, -0.05) is 31.4 Å². The van der Waals surface area contributed by atoms with Crippen LogP contribution in [-0.4, -0.2) is 17.1 Å². The van der Waals surface area contributed by atoms with Crippen molar-refractivity contribution in [1.29, 1.82) is 0 Å². The molecule has 0 amide bonds. The molecule has 1 atom stereocenters. The largest absolute Gasteiger partial charge is 0.480 e. The topological polar surface area (TPSA) is 49.3 Å². The summed E-state index contributed by atoms with van der Waals surface area (Å²) in [7, 11) is 0. The molecule has 2 N–H and O–H groups in total. The molecular weight excluding hydrogens is 283 g/mol. The van der Waals surface area contributed by atoms with Crippen molar-refractivity contribution >= 4 is 5.97 Å². The van der Waals surface area contributed by atoms with Gasteiger partial charge in [-0.05, 0) is 30.5 Å². The predicted molar refractivity (Wildman–Crippen MR) is 71.8 cm³/mol. The van der Waals surface area contributed by atoms with Crippen molar-refractivity contribution in [2.75, 3.05) is 0 Å². The molecule has 1 aromatic rings. The standard InChI is InChI=1S/C15H18F3NO2/c16-15(17,18)11-6-4-5-10(9-11)13(14(20)21)19-12-7-2-1-3-8-12/h4-6,9,12-13,19H,1-3,7-8H2,(H,20,21). The number of benzene rings is 1. The average molecular weight is 301 g/mol. The number of hydrogen-bond acceptors (Lipinski definition) is 2. The van der Waals surface area contributed by atoms with Crippen LogP contribution < -0.4 is 5.32 Å². The smallest absolute Gasteiger partial charge is 0.416 e. The zero-order valence-corrected chi connectivity index (χ0v) is 11.5. The van der Waals surface area contributed by atoms with E-state index in [1.54, 1.807) is 0 Å². The van der Waals surface area contributed by atoms with Gasteiger partial charge >= 0.3 is 12.1 Å².